The van der Waals surface area contributed by atoms with E-state index in [0.717, 1.165) is 99.8 Å². The van der Waals surface area contributed by atoms with Gasteiger partial charge in [0.1, 0.15) is 0 Å². The van der Waals surface area contributed by atoms with Crippen molar-refractivity contribution in [3.8, 4) is 55.9 Å². The van der Waals surface area contributed by atoms with Crippen molar-refractivity contribution in [1.29, 1.82) is 0 Å². The first kappa shape index (κ1) is 38.6. The van der Waals surface area contributed by atoms with Crippen LogP contribution in [0.2, 0.25) is 0 Å². The van der Waals surface area contributed by atoms with Crippen molar-refractivity contribution in [2.75, 3.05) is 0 Å². The zero-order valence-corrected chi connectivity index (χ0v) is 34.4. The fourth-order valence-corrected chi connectivity index (χ4v) is 8.13. The van der Waals surface area contributed by atoms with Gasteiger partial charge in [0.15, 0.2) is 0 Å². The third-order valence-corrected chi connectivity index (χ3v) is 10.7. The number of benzene rings is 5. The molecule has 0 N–H and O–H groups in total. The highest BCUT2D eigenvalue weighted by Gasteiger charge is 2.18. The van der Waals surface area contributed by atoms with Gasteiger partial charge in [0.25, 0.3) is 0 Å². The number of hydrogen-bond donors (Lipinski definition) is 0. The lowest BCUT2D eigenvalue weighted by atomic mass is 10.0. The molecule has 0 fully saturated rings. The minimum Gasteiger partial charge on any atom is -0.308 e. The molecule has 0 spiro atoms. The molecule has 0 radical (unpaired) electrons. The molecule has 0 atom stereocenters. The highest BCUT2D eigenvalue weighted by molar-refractivity contribution is 6.10. The molecular weight excluding hydrogens is 745 g/mol. The summed E-state index contributed by atoms with van der Waals surface area (Å²) < 4.78 is 4.64. The Balaban J connectivity index is 0.000000914. The van der Waals surface area contributed by atoms with Gasteiger partial charge in [-0.2, -0.15) is 0 Å². The van der Waals surface area contributed by atoms with Gasteiger partial charge >= 0.3 is 0 Å². The highest BCUT2D eigenvalue weighted by atomic mass is 15.0. The van der Waals surface area contributed by atoms with Crippen molar-refractivity contribution in [3.05, 3.63) is 208 Å². The average Bonchev–Trinajstić information content (AvgIpc) is 3.85. The van der Waals surface area contributed by atoms with Crippen LogP contribution in [-0.2, 0) is 0 Å². The van der Waals surface area contributed by atoms with Crippen LogP contribution < -0.4 is 0 Å². The Kier molecular flexibility index (Phi) is 10.8. The quantitative estimate of drug-likeness (QED) is 0.157. The van der Waals surface area contributed by atoms with Crippen LogP contribution in [0.25, 0.3) is 99.8 Å². The predicted molar refractivity (Wildman–Crippen MR) is 255 cm³/mol. The highest BCUT2D eigenvalue weighted by Crippen LogP contribution is 2.38. The van der Waals surface area contributed by atoms with Gasteiger partial charge in [0.2, 0.25) is 0 Å². The number of nitrogens with zero attached hydrogens (tertiary/aromatic N) is 6. The van der Waals surface area contributed by atoms with Crippen molar-refractivity contribution in [2.45, 2.75) is 20.8 Å². The summed E-state index contributed by atoms with van der Waals surface area (Å²) in [6.07, 6.45) is 13.2. The molecule has 294 valence electrons. The van der Waals surface area contributed by atoms with Crippen LogP contribution in [-0.4, -0.2) is 29.1 Å². The van der Waals surface area contributed by atoms with E-state index >= 15 is 0 Å². The fraction of sp³-hybridized carbons (Fsp3) is 0.0545. The van der Waals surface area contributed by atoms with E-state index in [-0.39, 0.29) is 0 Å². The molecule has 6 nitrogen and oxygen atoms in total. The van der Waals surface area contributed by atoms with E-state index in [1.54, 1.807) is 6.08 Å². The van der Waals surface area contributed by atoms with Crippen LogP contribution in [0.5, 0.6) is 0 Å². The predicted octanol–water partition coefficient (Wildman–Crippen LogP) is 14.3. The molecule has 61 heavy (non-hydrogen) atoms. The number of allylic oxidation sites excluding steroid dienone is 1. The maximum atomic E-state index is 4.91. The minimum absolute atomic E-state index is 0.960. The van der Waals surface area contributed by atoms with Crippen molar-refractivity contribution in [3.63, 3.8) is 0 Å². The number of aromatic nitrogens is 6. The van der Waals surface area contributed by atoms with Crippen molar-refractivity contribution in [2.24, 2.45) is 0 Å². The molecule has 0 saturated carbocycles. The molecule has 0 bridgehead atoms. The van der Waals surface area contributed by atoms with Crippen LogP contribution in [0.1, 0.15) is 20.8 Å². The molecule has 0 unspecified atom stereocenters. The molecule has 0 aliphatic rings. The zero-order chi connectivity index (χ0) is 41.7. The molecule has 0 saturated heterocycles. The number of fused-ring (bicyclic) bond motifs is 6. The summed E-state index contributed by atoms with van der Waals surface area (Å²) in [4.78, 5) is 19.1. The van der Waals surface area contributed by atoms with E-state index in [9.17, 15) is 0 Å². The summed E-state index contributed by atoms with van der Waals surface area (Å²) in [5, 5.41) is 2.18. The summed E-state index contributed by atoms with van der Waals surface area (Å²) in [5.41, 5.74) is 17.1. The molecule has 6 heteroatoms. The minimum atomic E-state index is 0.960. The number of hydrogen-bond acceptors (Lipinski definition) is 4. The van der Waals surface area contributed by atoms with Gasteiger partial charge in [0, 0.05) is 81.6 Å². The molecule has 0 aliphatic heterocycles. The summed E-state index contributed by atoms with van der Waals surface area (Å²) in [6, 6.07) is 55.6. The monoisotopic (exact) mass is 788 g/mol. The van der Waals surface area contributed by atoms with Crippen LogP contribution >= 0.6 is 0 Å². The number of pyridine rings is 4. The van der Waals surface area contributed by atoms with Crippen LogP contribution in [0.4, 0.5) is 0 Å². The Morgan fingerprint density at radius 2 is 0.803 bits per heavy atom. The molecule has 11 rings (SSSR count). The lowest BCUT2D eigenvalue weighted by Gasteiger charge is -2.13. The Hall–Kier alpha value is -7.96. The summed E-state index contributed by atoms with van der Waals surface area (Å²) in [5.74, 6) is 0. The van der Waals surface area contributed by atoms with E-state index < -0.39 is 0 Å². The van der Waals surface area contributed by atoms with Gasteiger partial charge in [0.05, 0.1) is 33.1 Å². The van der Waals surface area contributed by atoms with E-state index in [4.69, 9.17) is 9.97 Å². The molecule has 5 aromatic carbocycles. The first-order valence-electron chi connectivity index (χ1n) is 20.7. The maximum absolute atomic E-state index is 4.91. The van der Waals surface area contributed by atoms with Gasteiger partial charge in [-0.15, -0.1) is 6.58 Å². The summed E-state index contributed by atoms with van der Waals surface area (Å²) >= 11 is 0. The third kappa shape index (κ3) is 7.25. The molecule has 6 aromatic heterocycles. The largest absolute Gasteiger partial charge is 0.308 e. The number of rotatable bonds is 6. The molecule has 6 heterocycles. The van der Waals surface area contributed by atoms with Gasteiger partial charge in [-0.1, -0.05) is 98.8 Å². The van der Waals surface area contributed by atoms with Crippen LogP contribution in [0.3, 0.4) is 0 Å². The van der Waals surface area contributed by atoms with E-state index in [0.29, 0.717) is 0 Å². The molecular formula is C55H44N6. The first-order valence-corrected chi connectivity index (χ1v) is 20.7. The van der Waals surface area contributed by atoms with Crippen LogP contribution in [0.15, 0.2) is 208 Å². The van der Waals surface area contributed by atoms with Crippen molar-refractivity contribution >= 4 is 43.9 Å². The van der Waals surface area contributed by atoms with Gasteiger partial charge in [-0.05, 0) is 108 Å². The standard InChI is InChI=1S/C50H32N6.C3H6.C2H6/c1-3-10-33(11-4-1)37-24-39(31-51-29-37)35-18-20-45-43(26-35)49-47(16-8-22-53-49)55(45)41-14-7-15-42(28-41)56-46-21-19-36(27-44(46)50-48(56)17-9-23-54-50)40-25-38(30-52-32-40)34-12-5-2-6-13-34;1-3-2;1-2/h1-32H;3H,1H2,2H3;1-2H3. The smallest absolute Gasteiger partial charge is 0.0963 e. The molecule has 0 aliphatic carbocycles. The van der Waals surface area contributed by atoms with Gasteiger partial charge in [-0.3, -0.25) is 19.9 Å². The normalized spacial score (nSPS) is 10.9. The topological polar surface area (TPSA) is 61.4 Å². The first-order chi connectivity index (χ1) is 30.2. The van der Waals surface area contributed by atoms with E-state index in [1.165, 1.54) is 0 Å². The molecule has 11 aromatic rings. The maximum Gasteiger partial charge on any atom is 0.0963 e. The lowest BCUT2D eigenvalue weighted by Crippen LogP contribution is -1.98. The van der Waals surface area contributed by atoms with Crippen LogP contribution in [0, 0.1) is 0 Å². The fourth-order valence-electron chi connectivity index (χ4n) is 8.13. The Morgan fingerprint density at radius 1 is 0.393 bits per heavy atom. The Labute approximate surface area is 355 Å². The Morgan fingerprint density at radius 3 is 1.23 bits per heavy atom. The SMILES string of the molecule is C=CC.CC.c1ccc(-c2cncc(-c3ccc4c(c3)c3ncccc3n4-c3cccc(-n4c5ccc(-c6cncc(-c7ccccc7)c6)cc5c5ncccc54)c3)c2)cc1. The van der Waals surface area contributed by atoms with E-state index in [1.807, 2.05) is 82.2 Å². The zero-order valence-electron chi connectivity index (χ0n) is 34.4. The van der Waals surface area contributed by atoms with E-state index in [2.05, 4.69) is 159 Å². The summed E-state index contributed by atoms with van der Waals surface area (Å²) in [6.45, 7) is 9.25. The Bertz CT molecular complexity index is 3090. The summed E-state index contributed by atoms with van der Waals surface area (Å²) in [7, 11) is 0. The van der Waals surface area contributed by atoms with Crippen molar-refractivity contribution < 1.29 is 0 Å². The second-order valence-electron chi connectivity index (χ2n) is 14.5. The average molecular weight is 789 g/mol. The third-order valence-electron chi connectivity index (χ3n) is 10.7. The second-order valence-corrected chi connectivity index (χ2v) is 14.5. The lowest BCUT2D eigenvalue weighted by molar-refractivity contribution is 1.13. The molecule has 0 amide bonds. The van der Waals surface area contributed by atoms with Crippen molar-refractivity contribution in [1.82, 2.24) is 29.1 Å². The van der Waals surface area contributed by atoms with Gasteiger partial charge < -0.3 is 9.13 Å². The second kappa shape index (κ2) is 17.1. The van der Waals surface area contributed by atoms with Gasteiger partial charge in [-0.25, -0.2) is 0 Å².